The van der Waals surface area contributed by atoms with E-state index in [1.807, 2.05) is 6.07 Å². The Morgan fingerprint density at radius 2 is 2.20 bits per heavy atom. The van der Waals surface area contributed by atoms with Crippen LogP contribution in [0.5, 0.6) is 0 Å². The lowest BCUT2D eigenvalue weighted by Crippen LogP contribution is -2.01. The molecule has 4 heteroatoms. The molecule has 0 saturated heterocycles. The molecule has 2 rings (SSSR count). The Balaban J connectivity index is 2.34. The summed E-state index contributed by atoms with van der Waals surface area (Å²) < 4.78 is 0. The van der Waals surface area contributed by atoms with Crippen molar-refractivity contribution in [1.82, 2.24) is 9.97 Å². The van der Waals surface area contributed by atoms with Gasteiger partial charge < -0.3 is 5.32 Å². The molecule has 1 N–H and O–H groups in total. The van der Waals surface area contributed by atoms with Gasteiger partial charge in [-0.15, -0.1) is 0 Å². The standard InChI is InChI=1S/C11H14ClN3/c1-13-11-14-9(7-10(12)15-11)8-5-3-2-4-6-8/h5,7H,2-4,6H2,1H3,(H,13,14,15). The van der Waals surface area contributed by atoms with Crippen LogP contribution in [0.4, 0.5) is 5.95 Å². The Morgan fingerprint density at radius 1 is 1.33 bits per heavy atom. The average molecular weight is 224 g/mol. The van der Waals surface area contributed by atoms with Crippen molar-refractivity contribution in [3.63, 3.8) is 0 Å². The number of halogens is 1. The maximum Gasteiger partial charge on any atom is 0.224 e. The molecule has 0 aromatic carbocycles. The Bertz CT molecular complexity index is 387. The van der Waals surface area contributed by atoms with Crippen LogP contribution in [0.25, 0.3) is 5.57 Å². The predicted octanol–water partition coefficient (Wildman–Crippen LogP) is 3.13. The molecule has 1 aromatic heterocycles. The van der Waals surface area contributed by atoms with Gasteiger partial charge >= 0.3 is 0 Å². The van der Waals surface area contributed by atoms with Gasteiger partial charge in [0.05, 0.1) is 5.69 Å². The van der Waals surface area contributed by atoms with E-state index in [0.29, 0.717) is 11.1 Å². The monoisotopic (exact) mass is 223 g/mol. The quantitative estimate of drug-likeness (QED) is 0.783. The largest absolute Gasteiger partial charge is 0.357 e. The number of rotatable bonds is 2. The van der Waals surface area contributed by atoms with Crippen molar-refractivity contribution in [2.45, 2.75) is 25.7 Å². The smallest absolute Gasteiger partial charge is 0.224 e. The molecule has 0 aliphatic heterocycles. The second kappa shape index (κ2) is 4.62. The third-order valence-electron chi connectivity index (χ3n) is 2.54. The first-order valence-electron chi connectivity index (χ1n) is 5.21. The summed E-state index contributed by atoms with van der Waals surface area (Å²) in [7, 11) is 1.80. The topological polar surface area (TPSA) is 37.8 Å². The van der Waals surface area contributed by atoms with E-state index >= 15 is 0 Å². The van der Waals surface area contributed by atoms with E-state index in [2.05, 4.69) is 21.4 Å². The molecule has 15 heavy (non-hydrogen) atoms. The lowest BCUT2D eigenvalue weighted by Gasteiger charge is -2.12. The van der Waals surface area contributed by atoms with E-state index in [4.69, 9.17) is 11.6 Å². The fourth-order valence-corrected chi connectivity index (χ4v) is 1.95. The molecule has 0 atom stereocenters. The molecule has 0 bridgehead atoms. The Hall–Kier alpha value is -1.09. The lowest BCUT2D eigenvalue weighted by atomic mass is 9.97. The minimum atomic E-state index is 0.496. The van der Waals surface area contributed by atoms with E-state index in [9.17, 15) is 0 Å². The molecule has 1 heterocycles. The summed E-state index contributed by atoms with van der Waals surface area (Å²) >= 11 is 5.93. The van der Waals surface area contributed by atoms with Gasteiger partial charge in [-0.3, -0.25) is 0 Å². The summed E-state index contributed by atoms with van der Waals surface area (Å²) in [6.45, 7) is 0. The first kappa shape index (κ1) is 10.4. The average Bonchev–Trinajstić information content (AvgIpc) is 2.29. The minimum Gasteiger partial charge on any atom is -0.357 e. The molecule has 1 aromatic rings. The molecule has 1 aliphatic carbocycles. The predicted molar refractivity (Wildman–Crippen MR) is 63.0 cm³/mol. The van der Waals surface area contributed by atoms with E-state index in [0.717, 1.165) is 18.5 Å². The Kier molecular flexibility index (Phi) is 3.21. The van der Waals surface area contributed by atoms with Crippen LogP contribution in [0.3, 0.4) is 0 Å². The fraction of sp³-hybridized carbons (Fsp3) is 0.455. The summed E-state index contributed by atoms with van der Waals surface area (Å²) in [5.74, 6) is 0.587. The second-order valence-electron chi connectivity index (χ2n) is 3.62. The van der Waals surface area contributed by atoms with Crippen LogP contribution in [0.1, 0.15) is 31.4 Å². The highest BCUT2D eigenvalue weighted by molar-refractivity contribution is 6.29. The number of nitrogens with one attached hydrogen (secondary N) is 1. The van der Waals surface area contributed by atoms with Gasteiger partial charge in [-0.2, -0.15) is 0 Å². The summed E-state index contributed by atoms with van der Waals surface area (Å²) in [6, 6.07) is 1.83. The Morgan fingerprint density at radius 3 is 2.87 bits per heavy atom. The number of aromatic nitrogens is 2. The normalized spacial score (nSPS) is 16.0. The van der Waals surface area contributed by atoms with Crippen molar-refractivity contribution >= 4 is 23.1 Å². The third-order valence-corrected chi connectivity index (χ3v) is 2.73. The van der Waals surface area contributed by atoms with Crippen LogP contribution in [-0.2, 0) is 0 Å². The van der Waals surface area contributed by atoms with Crippen molar-refractivity contribution in [2.24, 2.45) is 0 Å². The van der Waals surface area contributed by atoms with Gasteiger partial charge in [-0.05, 0) is 31.3 Å². The van der Waals surface area contributed by atoms with Gasteiger partial charge in [-0.1, -0.05) is 17.7 Å². The SMILES string of the molecule is CNc1nc(Cl)cc(C2=CCCCC2)n1. The van der Waals surface area contributed by atoms with Gasteiger partial charge in [0.15, 0.2) is 0 Å². The maximum atomic E-state index is 5.93. The summed E-state index contributed by atoms with van der Waals surface area (Å²) in [5, 5.41) is 3.41. The molecule has 3 nitrogen and oxygen atoms in total. The first-order valence-corrected chi connectivity index (χ1v) is 5.59. The van der Waals surface area contributed by atoms with E-state index in [1.54, 1.807) is 7.05 Å². The molecular formula is C11H14ClN3. The van der Waals surface area contributed by atoms with Gasteiger partial charge in [0.1, 0.15) is 5.15 Å². The molecule has 0 spiro atoms. The van der Waals surface area contributed by atoms with Crippen molar-refractivity contribution in [1.29, 1.82) is 0 Å². The molecule has 0 amide bonds. The maximum absolute atomic E-state index is 5.93. The zero-order chi connectivity index (χ0) is 10.7. The lowest BCUT2D eigenvalue weighted by molar-refractivity contribution is 0.739. The zero-order valence-electron chi connectivity index (χ0n) is 8.76. The van der Waals surface area contributed by atoms with Gasteiger partial charge in [-0.25, -0.2) is 9.97 Å². The van der Waals surface area contributed by atoms with Gasteiger partial charge in [0.25, 0.3) is 0 Å². The van der Waals surface area contributed by atoms with Crippen molar-refractivity contribution in [2.75, 3.05) is 12.4 Å². The highest BCUT2D eigenvalue weighted by Gasteiger charge is 2.09. The van der Waals surface area contributed by atoms with Crippen LogP contribution < -0.4 is 5.32 Å². The minimum absolute atomic E-state index is 0.496. The fourth-order valence-electron chi connectivity index (χ4n) is 1.76. The number of hydrogen-bond donors (Lipinski definition) is 1. The van der Waals surface area contributed by atoms with Crippen LogP contribution in [0.2, 0.25) is 5.15 Å². The number of allylic oxidation sites excluding steroid dienone is 2. The van der Waals surface area contributed by atoms with Crippen molar-refractivity contribution in [3.05, 3.63) is 23.0 Å². The third kappa shape index (κ3) is 2.48. The molecule has 1 aliphatic rings. The number of nitrogens with zero attached hydrogens (tertiary/aromatic N) is 2. The van der Waals surface area contributed by atoms with Crippen molar-refractivity contribution in [3.8, 4) is 0 Å². The van der Waals surface area contributed by atoms with Crippen LogP contribution >= 0.6 is 11.6 Å². The highest BCUT2D eigenvalue weighted by Crippen LogP contribution is 2.27. The molecular weight excluding hydrogens is 210 g/mol. The van der Waals surface area contributed by atoms with E-state index < -0.39 is 0 Å². The zero-order valence-corrected chi connectivity index (χ0v) is 9.51. The highest BCUT2D eigenvalue weighted by atomic mass is 35.5. The van der Waals surface area contributed by atoms with Crippen molar-refractivity contribution < 1.29 is 0 Å². The van der Waals surface area contributed by atoms with Crippen LogP contribution in [-0.4, -0.2) is 17.0 Å². The number of anilines is 1. The molecule has 80 valence electrons. The molecule has 0 saturated carbocycles. The number of hydrogen-bond acceptors (Lipinski definition) is 3. The molecule has 0 radical (unpaired) electrons. The first-order chi connectivity index (χ1) is 7.29. The summed E-state index contributed by atoms with van der Waals surface area (Å²) in [5.41, 5.74) is 2.25. The van der Waals surface area contributed by atoms with Crippen LogP contribution in [0, 0.1) is 0 Å². The molecule has 0 fully saturated rings. The van der Waals surface area contributed by atoms with Crippen LogP contribution in [0.15, 0.2) is 12.1 Å². The molecule has 0 unspecified atom stereocenters. The second-order valence-corrected chi connectivity index (χ2v) is 4.01. The van der Waals surface area contributed by atoms with Gasteiger partial charge in [0, 0.05) is 13.1 Å². The van der Waals surface area contributed by atoms with E-state index in [1.165, 1.54) is 18.4 Å². The van der Waals surface area contributed by atoms with Gasteiger partial charge in [0.2, 0.25) is 5.95 Å². The summed E-state index contributed by atoms with van der Waals surface area (Å²) in [4.78, 5) is 8.46. The Labute approximate surface area is 94.6 Å². The summed E-state index contributed by atoms with van der Waals surface area (Å²) in [6.07, 6.45) is 7.01. The van der Waals surface area contributed by atoms with E-state index in [-0.39, 0.29) is 0 Å².